The predicted molar refractivity (Wildman–Crippen MR) is 165 cm³/mol. The van der Waals surface area contributed by atoms with Crippen LogP contribution in [0.15, 0.2) is 60.0 Å². The first-order chi connectivity index (χ1) is 20.0. The van der Waals surface area contributed by atoms with E-state index in [-0.39, 0.29) is 40.2 Å². The molecule has 1 fully saturated rings. The van der Waals surface area contributed by atoms with E-state index >= 15 is 0 Å². The average molecular weight is 589 g/mol. The quantitative estimate of drug-likeness (QED) is 0.254. The van der Waals surface area contributed by atoms with Crippen molar-refractivity contribution in [2.24, 2.45) is 0 Å². The number of hydrogen-bond donors (Lipinski definition) is 0. The molecule has 1 aliphatic heterocycles. The lowest BCUT2D eigenvalue weighted by atomic mass is 9.97. The van der Waals surface area contributed by atoms with E-state index in [1.54, 1.807) is 42.4 Å². The van der Waals surface area contributed by atoms with Gasteiger partial charge in [0.2, 0.25) is 5.91 Å². The highest BCUT2D eigenvalue weighted by Crippen LogP contribution is 2.37. The Balaban J connectivity index is 1.82. The number of piperidine rings is 1. The molecule has 1 aromatic carbocycles. The van der Waals surface area contributed by atoms with Gasteiger partial charge in [-0.1, -0.05) is 44.2 Å². The minimum atomic E-state index is -0.533. The summed E-state index contributed by atoms with van der Waals surface area (Å²) >= 11 is 6.81. The van der Waals surface area contributed by atoms with E-state index in [1.807, 2.05) is 31.7 Å². The molecule has 42 heavy (non-hydrogen) atoms. The Hall–Kier alpha value is -4.11. The zero-order valence-electron chi connectivity index (χ0n) is 24.4. The summed E-state index contributed by atoms with van der Waals surface area (Å²) in [6, 6.07) is 9.73. The largest absolute Gasteiger partial charge is 0.355 e. The van der Waals surface area contributed by atoms with E-state index in [1.165, 1.54) is 16.7 Å². The summed E-state index contributed by atoms with van der Waals surface area (Å²) in [7, 11) is 1.75. The number of rotatable bonds is 6. The summed E-state index contributed by atoms with van der Waals surface area (Å²) in [4.78, 5) is 44.3. The molecule has 0 saturated carbocycles. The minimum Gasteiger partial charge on any atom is -0.351 e. The van der Waals surface area contributed by atoms with Crippen LogP contribution >= 0.6 is 11.6 Å². The van der Waals surface area contributed by atoms with Crippen LogP contribution in [0.4, 0.5) is 10.2 Å². The molecule has 1 saturated heterocycles. The van der Waals surface area contributed by atoms with Gasteiger partial charge < -0.3 is 9.80 Å². The van der Waals surface area contributed by atoms with E-state index < -0.39 is 11.5 Å². The second-order valence-electron chi connectivity index (χ2n) is 11.1. The van der Waals surface area contributed by atoms with Gasteiger partial charge in [0.25, 0.3) is 0 Å². The summed E-state index contributed by atoms with van der Waals surface area (Å²) in [5.41, 5.74) is 2.35. The smallest absolute Gasteiger partial charge is 0.351 e. The number of pyridine rings is 2. The van der Waals surface area contributed by atoms with Gasteiger partial charge in [0, 0.05) is 37.4 Å². The number of aryl methyl sites for hydroxylation is 1. The van der Waals surface area contributed by atoms with Crippen LogP contribution < -0.4 is 10.6 Å². The third-order valence-corrected chi connectivity index (χ3v) is 8.34. The molecule has 2 atom stereocenters. The average Bonchev–Trinajstić information content (AvgIpc) is 2.97. The van der Waals surface area contributed by atoms with Gasteiger partial charge in [-0.05, 0) is 68.5 Å². The summed E-state index contributed by atoms with van der Waals surface area (Å²) in [5.74, 6) is -0.224. The van der Waals surface area contributed by atoms with Gasteiger partial charge in [-0.2, -0.15) is 4.98 Å². The fourth-order valence-corrected chi connectivity index (χ4v) is 5.93. The lowest BCUT2D eigenvalue weighted by Gasteiger charge is -2.42. The lowest BCUT2D eigenvalue weighted by molar-refractivity contribution is -0.127. The number of halogens is 2. The third kappa shape index (κ3) is 5.17. The topological polar surface area (TPSA) is 84.2 Å². The highest BCUT2D eigenvalue weighted by Gasteiger charge is 2.33. The molecule has 218 valence electrons. The number of hydrogen-bond acceptors (Lipinski definition) is 6. The number of nitrogens with zero attached hydrogens (tertiary/aromatic N) is 6. The monoisotopic (exact) mass is 588 g/mol. The molecule has 1 aliphatic rings. The first-order valence-corrected chi connectivity index (χ1v) is 14.4. The van der Waals surface area contributed by atoms with Crippen LogP contribution in [0.2, 0.25) is 5.02 Å². The second kappa shape index (κ2) is 11.6. The molecule has 0 bridgehead atoms. The van der Waals surface area contributed by atoms with Crippen LogP contribution in [0.3, 0.4) is 0 Å². The van der Waals surface area contributed by atoms with Crippen molar-refractivity contribution in [2.45, 2.75) is 58.5 Å². The van der Waals surface area contributed by atoms with Crippen molar-refractivity contribution in [1.82, 2.24) is 24.4 Å². The number of benzene rings is 1. The molecule has 1 amide bonds. The van der Waals surface area contributed by atoms with E-state index in [0.717, 1.165) is 18.4 Å². The molecular weight excluding hydrogens is 555 g/mol. The Kier molecular flexibility index (Phi) is 8.14. The van der Waals surface area contributed by atoms with Gasteiger partial charge >= 0.3 is 5.69 Å². The Labute approximate surface area is 249 Å². The molecule has 0 N–H and O–H groups in total. The van der Waals surface area contributed by atoms with Crippen LogP contribution in [0, 0.1) is 12.7 Å². The fraction of sp³-hybridized carbons (Fsp3) is 0.344. The maximum absolute atomic E-state index is 15.0. The molecule has 0 spiro atoms. The van der Waals surface area contributed by atoms with E-state index in [2.05, 4.69) is 23.5 Å². The fourth-order valence-electron chi connectivity index (χ4n) is 5.68. The number of carbonyl (C=O) groups excluding carboxylic acids is 1. The number of amides is 1. The number of carbonyl (C=O) groups is 1. The van der Waals surface area contributed by atoms with Crippen molar-refractivity contribution in [1.29, 1.82) is 0 Å². The van der Waals surface area contributed by atoms with Crippen molar-refractivity contribution >= 4 is 34.4 Å². The van der Waals surface area contributed by atoms with Gasteiger partial charge in [0.05, 0.1) is 27.5 Å². The summed E-state index contributed by atoms with van der Waals surface area (Å²) < 4.78 is 16.5. The van der Waals surface area contributed by atoms with Gasteiger partial charge in [-0.3, -0.25) is 9.78 Å². The van der Waals surface area contributed by atoms with Crippen LogP contribution in [0.1, 0.15) is 50.8 Å². The van der Waals surface area contributed by atoms with Gasteiger partial charge in [0.15, 0.2) is 5.65 Å². The van der Waals surface area contributed by atoms with Crippen molar-refractivity contribution < 1.29 is 9.18 Å². The molecule has 4 aromatic rings. The SMILES string of the molecule is C=CC(=O)N(C)[C@@H]1CC[C@H](C)N(c2nc(=O)n(-c3c(C)ccnc3C(C)C)c3nc(-c4ccccc4F)c(Cl)cc23)C1. The normalized spacial score (nSPS) is 17.1. The molecule has 5 rings (SSSR count). The van der Waals surface area contributed by atoms with Crippen molar-refractivity contribution in [3.63, 3.8) is 0 Å². The predicted octanol–water partition coefficient (Wildman–Crippen LogP) is 6.07. The standard InChI is InChI=1S/C32H34ClFN6O2/c1-7-26(41)38(6)21-13-12-20(5)39(17-21)30-23-16-24(33)28(22-10-8-9-11-25(22)34)36-31(23)40(32(42)37-30)29-19(4)14-15-35-27(29)18(2)3/h7-11,14-16,18,20-21H,1,12-13,17H2,2-6H3/t20-,21+/m0/s1. The number of likely N-dealkylation sites (N-methyl/N-ethyl adjacent to an activating group) is 1. The molecular formula is C32H34ClFN6O2. The zero-order valence-corrected chi connectivity index (χ0v) is 25.2. The summed E-state index contributed by atoms with van der Waals surface area (Å²) in [6.07, 6.45) is 4.59. The molecule has 3 aromatic heterocycles. The Morgan fingerprint density at radius 3 is 2.64 bits per heavy atom. The minimum absolute atomic E-state index is 0.000624. The summed E-state index contributed by atoms with van der Waals surface area (Å²) in [5, 5.41) is 0.774. The number of aromatic nitrogens is 4. The van der Waals surface area contributed by atoms with E-state index in [9.17, 15) is 14.0 Å². The maximum Gasteiger partial charge on any atom is 0.355 e. The number of anilines is 1. The van der Waals surface area contributed by atoms with Gasteiger partial charge in [-0.15, -0.1) is 0 Å². The van der Waals surface area contributed by atoms with Crippen LogP contribution in [-0.4, -0.2) is 56.0 Å². The van der Waals surface area contributed by atoms with E-state index in [4.69, 9.17) is 16.6 Å². The van der Waals surface area contributed by atoms with Crippen LogP contribution in [0.25, 0.3) is 28.0 Å². The van der Waals surface area contributed by atoms with Crippen molar-refractivity contribution in [3.8, 4) is 16.9 Å². The first kappa shape index (κ1) is 29.4. The number of fused-ring (bicyclic) bond motifs is 1. The van der Waals surface area contributed by atoms with Crippen molar-refractivity contribution in [3.05, 3.63) is 87.8 Å². The Morgan fingerprint density at radius 2 is 1.95 bits per heavy atom. The molecule has 0 radical (unpaired) electrons. The Morgan fingerprint density at radius 1 is 1.21 bits per heavy atom. The van der Waals surface area contributed by atoms with Crippen molar-refractivity contribution in [2.75, 3.05) is 18.5 Å². The van der Waals surface area contributed by atoms with Crippen LogP contribution in [0.5, 0.6) is 0 Å². The maximum atomic E-state index is 15.0. The highest BCUT2D eigenvalue weighted by atomic mass is 35.5. The summed E-state index contributed by atoms with van der Waals surface area (Å²) in [6.45, 7) is 12.1. The zero-order chi connectivity index (χ0) is 30.3. The molecule has 4 heterocycles. The molecule has 0 unspecified atom stereocenters. The first-order valence-electron chi connectivity index (χ1n) is 14.0. The third-order valence-electron chi connectivity index (χ3n) is 8.05. The molecule has 8 nitrogen and oxygen atoms in total. The van der Waals surface area contributed by atoms with Crippen LogP contribution in [-0.2, 0) is 4.79 Å². The van der Waals surface area contributed by atoms with Gasteiger partial charge in [0.1, 0.15) is 11.6 Å². The Bertz CT molecular complexity index is 1750. The van der Waals surface area contributed by atoms with Gasteiger partial charge in [-0.25, -0.2) is 18.7 Å². The van der Waals surface area contributed by atoms with E-state index in [0.29, 0.717) is 34.8 Å². The molecule has 10 heteroatoms. The second-order valence-corrected chi connectivity index (χ2v) is 11.5. The molecule has 0 aliphatic carbocycles. The lowest BCUT2D eigenvalue weighted by Crippen LogP contribution is -2.52. The highest BCUT2D eigenvalue weighted by molar-refractivity contribution is 6.33.